The summed E-state index contributed by atoms with van der Waals surface area (Å²) in [5.74, 6) is -0.333. The summed E-state index contributed by atoms with van der Waals surface area (Å²) in [6.45, 7) is 1.94. The molecule has 1 N–H and O–H groups in total. The number of nitrogens with one attached hydrogen (secondary N) is 1. The van der Waals surface area contributed by atoms with Gasteiger partial charge in [0.25, 0.3) is 5.91 Å². The van der Waals surface area contributed by atoms with E-state index in [2.05, 4.69) is 26.2 Å². The summed E-state index contributed by atoms with van der Waals surface area (Å²) >= 11 is 15.1. The molecule has 0 saturated heterocycles. The first kappa shape index (κ1) is 14.3. The lowest BCUT2D eigenvalue weighted by molar-refractivity contribution is 0.102. The van der Waals surface area contributed by atoms with Crippen molar-refractivity contribution in [2.75, 3.05) is 5.32 Å². The summed E-state index contributed by atoms with van der Waals surface area (Å²) in [4.78, 5) is 16.0. The molecular formula is C13H9BrCl2N2O. The van der Waals surface area contributed by atoms with Crippen LogP contribution in [0.3, 0.4) is 0 Å². The number of halogens is 3. The van der Waals surface area contributed by atoms with Gasteiger partial charge in [0.15, 0.2) is 0 Å². The lowest BCUT2D eigenvalue weighted by Gasteiger charge is -2.10. The number of aromatic nitrogens is 1. The van der Waals surface area contributed by atoms with E-state index < -0.39 is 0 Å². The summed E-state index contributed by atoms with van der Waals surface area (Å²) in [5.41, 5.74) is 1.99. The van der Waals surface area contributed by atoms with Crippen LogP contribution in [0.1, 0.15) is 15.9 Å². The summed E-state index contributed by atoms with van der Waals surface area (Å²) in [7, 11) is 0. The molecule has 3 nitrogen and oxygen atoms in total. The number of carbonyl (C=O) groups is 1. The second-order valence-corrected chi connectivity index (χ2v) is 5.46. The average Bonchev–Trinajstić information content (AvgIpc) is 2.38. The van der Waals surface area contributed by atoms with Gasteiger partial charge in [0.2, 0.25) is 0 Å². The lowest BCUT2D eigenvalue weighted by Crippen LogP contribution is -2.13. The number of aryl methyl sites for hydroxylation is 1. The number of hydrogen-bond donors (Lipinski definition) is 1. The molecule has 0 atom stereocenters. The third-order valence-corrected chi connectivity index (χ3v) is 4.07. The van der Waals surface area contributed by atoms with E-state index in [1.165, 1.54) is 12.3 Å². The fraction of sp³-hybridized carbons (Fsp3) is 0.0769. The highest BCUT2D eigenvalue weighted by molar-refractivity contribution is 9.10. The number of amides is 1. The quantitative estimate of drug-likeness (QED) is 0.789. The van der Waals surface area contributed by atoms with E-state index in [4.69, 9.17) is 23.2 Å². The number of rotatable bonds is 2. The Labute approximate surface area is 129 Å². The van der Waals surface area contributed by atoms with Gasteiger partial charge in [0, 0.05) is 10.7 Å². The molecule has 0 bridgehead atoms. The van der Waals surface area contributed by atoms with E-state index in [9.17, 15) is 4.79 Å². The zero-order valence-electron chi connectivity index (χ0n) is 9.88. The van der Waals surface area contributed by atoms with Crippen LogP contribution in [-0.2, 0) is 0 Å². The first-order chi connectivity index (χ1) is 8.99. The highest BCUT2D eigenvalue weighted by atomic mass is 79.9. The van der Waals surface area contributed by atoms with Gasteiger partial charge >= 0.3 is 0 Å². The smallest absolute Gasteiger partial charge is 0.257 e. The van der Waals surface area contributed by atoms with Crippen molar-refractivity contribution >= 4 is 50.7 Å². The van der Waals surface area contributed by atoms with Crippen molar-refractivity contribution in [3.05, 3.63) is 56.2 Å². The molecule has 19 heavy (non-hydrogen) atoms. The Morgan fingerprint density at radius 1 is 1.37 bits per heavy atom. The molecule has 1 amide bonds. The van der Waals surface area contributed by atoms with Crippen LogP contribution >= 0.6 is 39.1 Å². The number of benzene rings is 1. The highest BCUT2D eigenvalue weighted by Gasteiger charge is 2.13. The van der Waals surface area contributed by atoms with Gasteiger partial charge in [-0.25, -0.2) is 4.98 Å². The topological polar surface area (TPSA) is 42.0 Å². The molecule has 0 aliphatic rings. The van der Waals surface area contributed by atoms with Gasteiger partial charge in [-0.3, -0.25) is 4.79 Å². The molecule has 0 fully saturated rings. The van der Waals surface area contributed by atoms with E-state index in [1.807, 2.05) is 19.1 Å². The Bertz CT molecular complexity index is 647. The zero-order valence-corrected chi connectivity index (χ0v) is 13.0. The Morgan fingerprint density at radius 2 is 2.11 bits per heavy atom. The zero-order chi connectivity index (χ0) is 14.0. The van der Waals surface area contributed by atoms with Crippen molar-refractivity contribution in [2.45, 2.75) is 6.92 Å². The van der Waals surface area contributed by atoms with Crippen LogP contribution in [0, 0.1) is 6.92 Å². The Hall–Kier alpha value is -1.10. The predicted octanol–water partition coefficient (Wildman–Crippen LogP) is 4.71. The van der Waals surface area contributed by atoms with Crippen molar-refractivity contribution < 1.29 is 4.79 Å². The number of hydrogen-bond acceptors (Lipinski definition) is 2. The maximum absolute atomic E-state index is 12.1. The molecule has 0 saturated carbocycles. The first-order valence-corrected chi connectivity index (χ1v) is 6.91. The fourth-order valence-corrected chi connectivity index (χ4v) is 2.23. The highest BCUT2D eigenvalue weighted by Crippen LogP contribution is 2.27. The molecule has 0 unspecified atom stereocenters. The van der Waals surface area contributed by atoms with Gasteiger partial charge in [-0.15, -0.1) is 0 Å². The molecule has 98 valence electrons. The van der Waals surface area contributed by atoms with Gasteiger partial charge < -0.3 is 5.32 Å². The van der Waals surface area contributed by atoms with E-state index >= 15 is 0 Å². The molecule has 2 rings (SSSR count). The van der Waals surface area contributed by atoms with Gasteiger partial charge in [0.05, 0.1) is 16.3 Å². The Morgan fingerprint density at radius 3 is 2.84 bits per heavy atom. The number of pyridine rings is 1. The summed E-state index contributed by atoms with van der Waals surface area (Å²) < 4.78 is 0.833. The third-order valence-electron chi connectivity index (χ3n) is 2.51. The molecular weight excluding hydrogens is 351 g/mol. The number of anilines is 1. The van der Waals surface area contributed by atoms with Crippen molar-refractivity contribution in [3.63, 3.8) is 0 Å². The van der Waals surface area contributed by atoms with Crippen LogP contribution in [0.15, 0.2) is 34.9 Å². The molecule has 0 spiro atoms. The monoisotopic (exact) mass is 358 g/mol. The molecule has 1 heterocycles. The second kappa shape index (κ2) is 5.90. The lowest BCUT2D eigenvalue weighted by atomic mass is 10.2. The predicted molar refractivity (Wildman–Crippen MR) is 81.1 cm³/mol. The fourth-order valence-electron chi connectivity index (χ4n) is 1.52. The molecule has 6 heteroatoms. The van der Waals surface area contributed by atoms with Crippen LogP contribution in [0.2, 0.25) is 10.2 Å². The maximum Gasteiger partial charge on any atom is 0.257 e. The summed E-state index contributed by atoms with van der Waals surface area (Å²) in [5, 5.41) is 3.25. The van der Waals surface area contributed by atoms with Crippen LogP contribution in [0.4, 0.5) is 5.69 Å². The Kier molecular flexibility index (Phi) is 4.45. The Balaban J connectivity index is 2.31. The second-order valence-electron chi connectivity index (χ2n) is 3.88. The number of carbonyl (C=O) groups excluding carboxylic acids is 1. The third kappa shape index (κ3) is 3.26. The van der Waals surface area contributed by atoms with Crippen molar-refractivity contribution in [1.29, 1.82) is 0 Å². The van der Waals surface area contributed by atoms with Gasteiger partial charge in [-0.05, 0) is 40.5 Å². The molecule has 1 aromatic carbocycles. The minimum atomic E-state index is -0.333. The van der Waals surface area contributed by atoms with Crippen molar-refractivity contribution in [1.82, 2.24) is 4.98 Å². The molecule has 1 aromatic heterocycles. The summed E-state index contributed by atoms with van der Waals surface area (Å²) in [6, 6.07) is 7.03. The van der Waals surface area contributed by atoms with Crippen molar-refractivity contribution in [2.24, 2.45) is 0 Å². The molecule has 0 radical (unpaired) electrons. The molecule has 0 aliphatic heterocycles. The normalized spacial score (nSPS) is 10.3. The molecule has 2 aromatic rings. The van der Waals surface area contributed by atoms with Crippen LogP contribution in [0.5, 0.6) is 0 Å². The first-order valence-electron chi connectivity index (χ1n) is 5.36. The van der Waals surface area contributed by atoms with Gasteiger partial charge in [0.1, 0.15) is 5.15 Å². The van der Waals surface area contributed by atoms with Crippen LogP contribution in [0.25, 0.3) is 0 Å². The van der Waals surface area contributed by atoms with E-state index in [0.29, 0.717) is 5.69 Å². The minimum Gasteiger partial charge on any atom is -0.321 e. The van der Waals surface area contributed by atoms with E-state index in [-0.39, 0.29) is 21.6 Å². The van der Waals surface area contributed by atoms with Crippen LogP contribution in [-0.4, -0.2) is 10.9 Å². The minimum absolute atomic E-state index is 0.220. The standard InChI is InChI=1S/C13H9BrCl2N2O/c1-7-3-2-4-10(12(7)14)18-13(19)8-5-11(16)17-6-9(8)15/h2-6H,1H3,(H,18,19). The van der Waals surface area contributed by atoms with E-state index in [1.54, 1.807) is 6.07 Å². The summed E-state index contributed by atoms with van der Waals surface area (Å²) in [6.07, 6.45) is 1.35. The number of nitrogens with zero attached hydrogens (tertiary/aromatic N) is 1. The van der Waals surface area contributed by atoms with Gasteiger partial charge in [-0.1, -0.05) is 35.3 Å². The van der Waals surface area contributed by atoms with Gasteiger partial charge in [-0.2, -0.15) is 0 Å². The SMILES string of the molecule is Cc1cccc(NC(=O)c2cc(Cl)ncc2Cl)c1Br. The molecule has 0 aliphatic carbocycles. The maximum atomic E-state index is 12.1. The largest absolute Gasteiger partial charge is 0.321 e. The van der Waals surface area contributed by atoms with Crippen LogP contribution < -0.4 is 5.32 Å². The van der Waals surface area contributed by atoms with E-state index in [0.717, 1.165) is 10.0 Å². The van der Waals surface area contributed by atoms with Crippen molar-refractivity contribution in [3.8, 4) is 0 Å². The average molecular weight is 360 g/mol.